The highest BCUT2D eigenvalue weighted by atomic mass is 35.5. The average Bonchev–Trinajstić information content (AvgIpc) is 2.77. The number of rotatable bonds is 5. The summed E-state index contributed by atoms with van der Waals surface area (Å²) < 4.78 is 16.7. The van der Waals surface area contributed by atoms with Crippen molar-refractivity contribution in [1.29, 1.82) is 0 Å². The first-order valence-electron chi connectivity index (χ1n) is 9.98. The maximum atomic E-state index is 12.9. The molecular weight excluding hydrogens is 418 g/mol. The number of hydrogen-bond acceptors (Lipinski definition) is 6. The van der Waals surface area contributed by atoms with Gasteiger partial charge in [-0.25, -0.2) is 4.79 Å². The predicted octanol–water partition coefficient (Wildman–Crippen LogP) is 4.38. The van der Waals surface area contributed by atoms with Crippen LogP contribution in [0.3, 0.4) is 0 Å². The summed E-state index contributed by atoms with van der Waals surface area (Å²) in [7, 11) is 1.27. The molecule has 2 aromatic rings. The standard InChI is InChI=1S/C24H22ClNO5/c1-29-24(28)22-20(21-17(27)10-6-12-19(21)31-23(22)26)15-8-3-5-11-18(15)30-13-14-7-2-4-9-16(14)25/h2-5,7-9,11,20H,6,10,12-13,26H2,1H3/t20-/m1/s1. The Balaban J connectivity index is 1.79. The molecule has 1 aliphatic carbocycles. The number of allylic oxidation sites excluding steroid dienone is 2. The number of esters is 1. The van der Waals surface area contributed by atoms with E-state index >= 15 is 0 Å². The Kier molecular flexibility index (Phi) is 6.00. The quantitative estimate of drug-likeness (QED) is 0.695. The summed E-state index contributed by atoms with van der Waals surface area (Å²) >= 11 is 6.26. The molecule has 0 bridgehead atoms. The highest BCUT2D eigenvalue weighted by Gasteiger charge is 2.42. The largest absolute Gasteiger partial charge is 0.489 e. The summed E-state index contributed by atoms with van der Waals surface area (Å²) in [4.78, 5) is 25.5. The number of benzene rings is 2. The number of carbonyl (C=O) groups is 2. The third-order valence-electron chi connectivity index (χ3n) is 5.46. The molecular formula is C24H22ClNO5. The lowest BCUT2D eigenvalue weighted by Gasteiger charge is -2.32. The van der Waals surface area contributed by atoms with Gasteiger partial charge >= 0.3 is 5.97 Å². The van der Waals surface area contributed by atoms with Gasteiger partial charge in [0.1, 0.15) is 23.7 Å². The number of ether oxygens (including phenoxy) is 3. The monoisotopic (exact) mass is 439 g/mol. The first-order valence-corrected chi connectivity index (χ1v) is 10.4. The number of halogens is 1. The summed E-state index contributed by atoms with van der Waals surface area (Å²) in [5.41, 5.74) is 8.13. The second-order valence-electron chi connectivity index (χ2n) is 7.34. The van der Waals surface area contributed by atoms with Gasteiger partial charge in [-0.15, -0.1) is 0 Å². The molecule has 4 rings (SSSR count). The van der Waals surface area contributed by atoms with Crippen molar-refractivity contribution >= 4 is 23.4 Å². The van der Waals surface area contributed by atoms with Gasteiger partial charge < -0.3 is 19.9 Å². The van der Waals surface area contributed by atoms with Gasteiger partial charge in [-0.2, -0.15) is 0 Å². The lowest BCUT2D eigenvalue weighted by atomic mass is 9.77. The van der Waals surface area contributed by atoms with E-state index in [1.165, 1.54) is 7.11 Å². The first-order chi connectivity index (χ1) is 15.0. The maximum absolute atomic E-state index is 12.9. The van der Waals surface area contributed by atoms with Crippen molar-refractivity contribution in [3.05, 3.63) is 87.5 Å². The van der Waals surface area contributed by atoms with Crippen molar-refractivity contribution in [1.82, 2.24) is 0 Å². The molecule has 1 heterocycles. The third kappa shape index (κ3) is 4.03. The lowest BCUT2D eigenvalue weighted by molar-refractivity contribution is -0.136. The van der Waals surface area contributed by atoms with Gasteiger partial charge in [-0.3, -0.25) is 4.79 Å². The van der Waals surface area contributed by atoms with E-state index in [-0.39, 0.29) is 23.8 Å². The van der Waals surface area contributed by atoms with E-state index in [2.05, 4.69) is 0 Å². The number of para-hydroxylation sites is 1. The van der Waals surface area contributed by atoms with Gasteiger partial charge in [0, 0.05) is 34.6 Å². The summed E-state index contributed by atoms with van der Waals surface area (Å²) in [6.45, 7) is 0.229. The highest BCUT2D eigenvalue weighted by Crippen LogP contribution is 2.46. The van der Waals surface area contributed by atoms with Gasteiger partial charge in [0.2, 0.25) is 5.88 Å². The normalized spacial score (nSPS) is 18.4. The lowest BCUT2D eigenvalue weighted by Crippen LogP contribution is -2.31. The van der Waals surface area contributed by atoms with Crippen LogP contribution in [-0.4, -0.2) is 18.9 Å². The molecule has 7 heteroatoms. The van der Waals surface area contributed by atoms with E-state index in [0.717, 1.165) is 5.56 Å². The molecule has 2 N–H and O–H groups in total. The molecule has 160 valence electrons. The molecule has 1 aliphatic heterocycles. The van der Waals surface area contributed by atoms with Crippen molar-refractivity contribution in [3.63, 3.8) is 0 Å². The molecule has 0 radical (unpaired) electrons. The van der Waals surface area contributed by atoms with Crippen LogP contribution in [0.2, 0.25) is 5.02 Å². The molecule has 2 aromatic carbocycles. The molecule has 31 heavy (non-hydrogen) atoms. The van der Waals surface area contributed by atoms with Gasteiger partial charge in [-0.1, -0.05) is 48.0 Å². The molecule has 0 fully saturated rings. The SMILES string of the molecule is COC(=O)C1=C(N)OC2=C(C(=O)CCC2)[C@H]1c1ccccc1OCc1ccccc1Cl. The minimum absolute atomic E-state index is 0.0498. The Morgan fingerprint density at radius 2 is 1.90 bits per heavy atom. The zero-order valence-corrected chi connectivity index (χ0v) is 17.8. The number of carbonyl (C=O) groups excluding carboxylic acids is 2. The topological polar surface area (TPSA) is 87.9 Å². The van der Waals surface area contributed by atoms with E-state index in [1.807, 2.05) is 36.4 Å². The zero-order chi connectivity index (χ0) is 22.0. The summed E-state index contributed by atoms with van der Waals surface area (Å²) in [5, 5.41) is 0.595. The van der Waals surface area contributed by atoms with Crippen LogP contribution in [0.15, 0.2) is 71.3 Å². The second-order valence-corrected chi connectivity index (χ2v) is 7.74. The first kappa shape index (κ1) is 21.0. The van der Waals surface area contributed by atoms with Crippen molar-refractivity contribution in [2.75, 3.05) is 7.11 Å². The molecule has 0 spiro atoms. The van der Waals surface area contributed by atoms with E-state index in [9.17, 15) is 9.59 Å². The fourth-order valence-corrected chi connectivity index (χ4v) is 4.19. The molecule has 0 amide bonds. The number of methoxy groups -OCH3 is 1. The van der Waals surface area contributed by atoms with Crippen LogP contribution < -0.4 is 10.5 Å². The van der Waals surface area contributed by atoms with E-state index in [4.69, 9.17) is 31.5 Å². The zero-order valence-electron chi connectivity index (χ0n) is 17.0. The Morgan fingerprint density at radius 1 is 1.16 bits per heavy atom. The molecule has 0 unspecified atom stereocenters. The van der Waals surface area contributed by atoms with Gasteiger partial charge in [0.25, 0.3) is 0 Å². The Hall–Kier alpha value is -3.25. The summed E-state index contributed by atoms with van der Waals surface area (Å²) in [6, 6.07) is 14.7. The molecule has 0 saturated carbocycles. The minimum atomic E-state index is -0.730. The minimum Gasteiger partial charge on any atom is -0.489 e. The van der Waals surface area contributed by atoms with Crippen molar-refractivity contribution in [2.24, 2.45) is 5.73 Å². The van der Waals surface area contributed by atoms with Crippen molar-refractivity contribution in [2.45, 2.75) is 31.8 Å². The van der Waals surface area contributed by atoms with Crippen LogP contribution in [0.5, 0.6) is 5.75 Å². The number of nitrogens with two attached hydrogens (primary N) is 1. The molecule has 0 aromatic heterocycles. The molecule has 2 aliphatic rings. The van der Waals surface area contributed by atoms with Gasteiger partial charge in [0.15, 0.2) is 5.78 Å². The number of Topliss-reactive ketones (excluding diaryl/α,β-unsaturated/α-hetero) is 1. The van der Waals surface area contributed by atoms with E-state index in [1.54, 1.807) is 12.1 Å². The van der Waals surface area contributed by atoms with Crippen LogP contribution in [0.4, 0.5) is 0 Å². The van der Waals surface area contributed by atoms with Crippen molar-refractivity contribution in [3.8, 4) is 5.75 Å². The fourth-order valence-electron chi connectivity index (χ4n) is 4.00. The molecule has 0 saturated heterocycles. The third-order valence-corrected chi connectivity index (χ3v) is 5.83. The fraction of sp³-hybridized carbons (Fsp3) is 0.250. The smallest absolute Gasteiger partial charge is 0.340 e. The summed E-state index contributed by atoms with van der Waals surface area (Å²) in [5.74, 6) is -0.465. The van der Waals surface area contributed by atoms with E-state index in [0.29, 0.717) is 46.9 Å². The Labute approximate surface area is 185 Å². The van der Waals surface area contributed by atoms with Crippen LogP contribution in [-0.2, 0) is 25.7 Å². The average molecular weight is 440 g/mol. The highest BCUT2D eigenvalue weighted by molar-refractivity contribution is 6.31. The number of ketones is 1. The molecule has 6 nitrogen and oxygen atoms in total. The van der Waals surface area contributed by atoms with Crippen LogP contribution in [0, 0.1) is 0 Å². The summed E-state index contributed by atoms with van der Waals surface area (Å²) in [6.07, 6.45) is 1.64. The molecule has 1 atom stereocenters. The Morgan fingerprint density at radius 3 is 2.68 bits per heavy atom. The maximum Gasteiger partial charge on any atom is 0.340 e. The van der Waals surface area contributed by atoms with Crippen LogP contribution in [0.1, 0.15) is 36.3 Å². The van der Waals surface area contributed by atoms with Crippen LogP contribution >= 0.6 is 11.6 Å². The predicted molar refractivity (Wildman–Crippen MR) is 115 cm³/mol. The van der Waals surface area contributed by atoms with Gasteiger partial charge in [-0.05, 0) is 18.6 Å². The van der Waals surface area contributed by atoms with E-state index < -0.39 is 11.9 Å². The Bertz CT molecular complexity index is 1100. The van der Waals surface area contributed by atoms with Crippen LogP contribution in [0.25, 0.3) is 0 Å². The number of hydrogen-bond donors (Lipinski definition) is 1. The second kappa shape index (κ2) is 8.86. The van der Waals surface area contributed by atoms with Crippen molar-refractivity contribution < 1.29 is 23.8 Å². The van der Waals surface area contributed by atoms with Gasteiger partial charge in [0.05, 0.1) is 13.0 Å².